The van der Waals surface area contributed by atoms with E-state index < -0.39 is 0 Å². The summed E-state index contributed by atoms with van der Waals surface area (Å²) in [6.07, 6.45) is 2.00. The van der Waals surface area contributed by atoms with Gasteiger partial charge in [-0.1, -0.05) is 12.1 Å². The van der Waals surface area contributed by atoms with Crippen molar-refractivity contribution in [2.45, 2.75) is 12.8 Å². The fourth-order valence-corrected chi connectivity index (χ4v) is 2.22. The summed E-state index contributed by atoms with van der Waals surface area (Å²) in [6.45, 7) is 3.58. The van der Waals surface area contributed by atoms with E-state index in [9.17, 15) is 4.79 Å². The zero-order valence-electron chi connectivity index (χ0n) is 10.8. The van der Waals surface area contributed by atoms with E-state index in [4.69, 9.17) is 4.74 Å². The maximum absolute atomic E-state index is 12.5. The van der Waals surface area contributed by atoms with Crippen LogP contribution in [0, 0.1) is 0 Å². The molecule has 1 fully saturated rings. The summed E-state index contributed by atoms with van der Waals surface area (Å²) >= 11 is 0. The highest BCUT2D eigenvalue weighted by atomic mass is 16.5. The molecule has 1 aliphatic heterocycles. The zero-order chi connectivity index (χ0) is 12.8. The van der Waals surface area contributed by atoms with Gasteiger partial charge in [0.2, 0.25) is 0 Å². The molecule has 4 heteroatoms. The van der Waals surface area contributed by atoms with Crippen LogP contribution < -0.4 is 10.1 Å². The Morgan fingerprint density at radius 1 is 1.22 bits per heavy atom. The molecule has 4 nitrogen and oxygen atoms in total. The second-order valence-electron chi connectivity index (χ2n) is 4.45. The topological polar surface area (TPSA) is 41.6 Å². The molecule has 0 saturated carbocycles. The number of hydrogen-bond donors (Lipinski definition) is 1. The van der Waals surface area contributed by atoms with Gasteiger partial charge in [0.1, 0.15) is 5.75 Å². The third kappa shape index (κ3) is 3.01. The first-order chi connectivity index (χ1) is 8.83. The van der Waals surface area contributed by atoms with Crippen LogP contribution in [0.25, 0.3) is 0 Å². The molecule has 0 aliphatic carbocycles. The van der Waals surface area contributed by atoms with E-state index in [1.54, 1.807) is 7.11 Å². The number of methoxy groups -OCH3 is 1. The summed E-state index contributed by atoms with van der Waals surface area (Å²) in [5.41, 5.74) is 0.661. The predicted molar refractivity (Wildman–Crippen MR) is 71.0 cm³/mol. The van der Waals surface area contributed by atoms with Crippen LogP contribution in [-0.2, 0) is 0 Å². The Morgan fingerprint density at radius 2 is 1.89 bits per heavy atom. The van der Waals surface area contributed by atoms with Gasteiger partial charge in [-0.2, -0.15) is 0 Å². The third-order valence-corrected chi connectivity index (χ3v) is 3.19. The Hall–Kier alpha value is -1.55. The lowest BCUT2D eigenvalue weighted by molar-refractivity contribution is 0.0742. The molecular formula is C14H20N2O2. The molecule has 1 aromatic carbocycles. The number of hydrogen-bond acceptors (Lipinski definition) is 3. The number of para-hydroxylation sites is 1. The van der Waals surface area contributed by atoms with Crippen LogP contribution in [0.5, 0.6) is 5.75 Å². The number of ether oxygens (including phenoxy) is 1. The molecule has 1 N–H and O–H groups in total. The first kappa shape index (κ1) is 12.9. The summed E-state index contributed by atoms with van der Waals surface area (Å²) in [7, 11) is 1.60. The zero-order valence-corrected chi connectivity index (χ0v) is 10.8. The van der Waals surface area contributed by atoms with Gasteiger partial charge in [-0.3, -0.25) is 4.79 Å². The van der Waals surface area contributed by atoms with Gasteiger partial charge in [0.25, 0.3) is 5.91 Å². The summed E-state index contributed by atoms with van der Waals surface area (Å²) in [4.78, 5) is 14.4. The van der Waals surface area contributed by atoms with E-state index in [1.807, 2.05) is 29.2 Å². The van der Waals surface area contributed by atoms with E-state index in [1.165, 1.54) is 0 Å². The maximum atomic E-state index is 12.5. The average Bonchev–Trinajstić information content (AvgIpc) is 2.37. The van der Waals surface area contributed by atoms with Crippen molar-refractivity contribution in [1.29, 1.82) is 0 Å². The summed E-state index contributed by atoms with van der Waals surface area (Å²) in [5.74, 6) is 0.733. The standard InChI is InChI=1S/C14H20N2O2/c1-18-13-7-3-2-6-12(13)14(17)16-10-4-8-15-9-5-11-16/h2-3,6-7,15H,4-5,8-11H2,1H3. The molecule has 2 rings (SSSR count). The highest BCUT2D eigenvalue weighted by molar-refractivity contribution is 5.96. The smallest absolute Gasteiger partial charge is 0.257 e. The molecule has 98 valence electrons. The van der Waals surface area contributed by atoms with Crippen molar-refractivity contribution in [2.24, 2.45) is 0 Å². The van der Waals surface area contributed by atoms with Crippen LogP contribution >= 0.6 is 0 Å². The number of rotatable bonds is 2. The molecular weight excluding hydrogens is 228 g/mol. The maximum Gasteiger partial charge on any atom is 0.257 e. The van der Waals surface area contributed by atoms with E-state index in [0.29, 0.717) is 11.3 Å². The summed E-state index contributed by atoms with van der Waals surface area (Å²) in [5, 5.41) is 3.35. The van der Waals surface area contributed by atoms with E-state index in [0.717, 1.165) is 39.0 Å². The Balaban J connectivity index is 2.13. The first-order valence-electron chi connectivity index (χ1n) is 6.46. The van der Waals surface area contributed by atoms with Gasteiger partial charge in [0.05, 0.1) is 12.7 Å². The Morgan fingerprint density at radius 3 is 2.56 bits per heavy atom. The van der Waals surface area contributed by atoms with Crippen LogP contribution in [0.15, 0.2) is 24.3 Å². The molecule has 0 aromatic heterocycles. The molecule has 0 spiro atoms. The Labute approximate surface area is 108 Å². The minimum atomic E-state index is 0.0781. The second kappa shape index (κ2) is 6.40. The monoisotopic (exact) mass is 248 g/mol. The average molecular weight is 248 g/mol. The van der Waals surface area contributed by atoms with Crippen molar-refractivity contribution in [1.82, 2.24) is 10.2 Å². The highest BCUT2D eigenvalue weighted by Gasteiger charge is 2.19. The number of nitrogens with zero attached hydrogens (tertiary/aromatic N) is 1. The molecule has 0 bridgehead atoms. The number of nitrogens with one attached hydrogen (secondary N) is 1. The van der Waals surface area contributed by atoms with Crippen molar-refractivity contribution in [2.75, 3.05) is 33.3 Å². The lowest BCUT2D eigenvalue weighted by Gasteiger charge is -2.25. The number of amides is 1. The molecule has 1 aromatic rings. The number of benzene rings is 1. The van der Waals surface area contributed by atoms with E-state index in [-0.39, 0.29) is 5.91 Å². The summed E-state index contributed by atoms with van der Waals surface area (Å²) in [6, 6.07) is 7.42. The van der Waals surface area contributed by atoms with Crippen molar-refractivity contribution in [3.63, 3.8) is 0 Å². The quantitative estimate of drug-likeness (QED) is 0.863. The van der Waals surface area contributed by atoms with Gasteiger partial charge in [0, 0.05) is 13.1 Å². The number of carbonyl (C=O) groups is 1. The van der Waals surface area contributed by atoms with Crippen LogP contribution in [-0.4, -0.2) is 44.1 Å². The first-order valence-corrected chi connectivity index (χ1v) is 6.46. The van der Waals surface area contributed by atoms with Gasteiger partial charge in [0.15, 0.2) is 0 Å². The Kier molecular flexibility index (Phi) is 4.59. The molecule has 0 radical (unpaired) electrons. The van der Waals surface area contributed by atoms with Crippen LogP contribution in [0.3, 0.4) is 0 Å². The van der Waals surface area contributed by atoms with Crippen molar-refractivity contribution in [3.8, 4) is 5.75 Å². The largest absolute Gasteiger partial charge is 0.496 e. The van der Waals surface area contributed by atoms with Gasteiger partial charge in [-0.15, -0.1) is 0 Å². The van der Waals surface area contributed by atoms with Crippen LogP contribution in [0.1, 0.15) is 23.2 Å². The van der Waals surface area contributed by atoms with Gasteiger partial charge >= 0.3 is 0 Å². The third-order valence-electron chi connectivity index (χ3n) is 3.19. The fraction of sp³-hybridized carbons (Fsp3) is 0.500. The second-order valence-corrected chi connectivity index (χ2v) is 4.45. The molecule has 18 heavy (non-hydrogen) atoms. The van der Waals surface area contributed by atoms with Gasteiger partial charge < -0.3 is 15.0 Å². The molecule has 1 saturated heterocycles. The fourth-order valence-electron chi connectivity index (χ4n) is 2.22. The molecule has 1 amide bonds. The molecule has 0 unspecified atom stereocenters. The van der Waals surface area contributed by atoms with Gasteiger partial charge in [-0.05, 0) is 38.1 Å². The lowest BCUT2D eigenvalue weighted by atomic mass is 10.1. The van der Waals surface area contributed by atoms with Crippen LogP contribution in [0.2, 0.25) is 0 Å². The lowest BCUT2D eigenvalue weighted by Crippen LogP contribution is -2.38. The summed E-state index contributed by atoms with van der Waals surface area (Å²) < 4.78 is 5.25. The molecule has 1 aliphatic rings. The molecule has 1 heterocycles. The van der Waals surface area contributed by atoms with Crippen molar-refractivity contribution >= 4 is 5.91 Å². The minimum absolute atomic E-state index is 0.0781. The predicted octanol–water partition coefficient (Wildman–Crippen LogP) is 1.52. The highest BCUT2D eigenvalue weighted by Crippen LogP contribution is 2.19. The van der Waals surface area contributed by atoms with E-state index >= 15 is 0 Å². The normalized spacial score (nSPS) is 16.8. The van der Waals surface area contributed by atoms with Crippen LogP contribution in [0.4, 0.5) is 0 Å². The number of carbonyl (C=O) groups excluding carboxylic acids is 1. The van der Waals surface area contributed by atoms with Crippen molar-refractivity contribution < 1.29 is 9.53 Å². The van der Waals surface area contributed by atoms with Crippen molar-refractivity contribution in [3.05, 3.63) is 29.8 Å². The molecule has 0 atom stereocenters. The van der Waals surface area contributed by atoms with E-state index in [2.05, 4.69) is 5.32 Å². The van der Waals surface area contributed by atoms with Gasteiger partial charge in [-0.25, -0.2) is 0 Å². The minimum Gasteiger partial charge on any atom is -0.496 e. The Bertz CT molecular complexity index is 399. The SMILES string of the molecule is COc1ccccc1C(=O)N1CCCNCCC1.